The van der Waals surface area contributed by atoms with Crippen molar-refractivity contribution in [3.8, 4) is 22.6 Å². The summed E-state index contributed by atoms with van der Waals surface area (Å²) < 4.78 is 58.6. The molecule has 9 heteroatoms. The van der Waals surface area contributed by atoms with Crippen LogP contribution in [0, 0.1) is 0 Å². The van der Waals surface area contributed by atoms with Crippen molar-refractivity contribution in [1.29, 1.82) is 0 Å². The third kappa shape index (κ3) is 5.43. The monoisotopic (exact) mass is 533 g/mol. The van der Waals surface area contributed by atoms with Gasteiger partial charge in [0.2, 0.25) is 11.2 Å². The molecule has 1 N–H and O–H groups in total. The quantitative estimate of drug-likeness (QED) is 0.243. The van der Waals surface area contributed by atoms with E-state index in [1.165, 1.54) is 24.3 Å². The van der Waals surface area contributed by atoms with Gasteiger partial charge in [-0.3, -0.25) is 9.59 Å². The summed E-state index contributed by atoms with van der Waals surface area (Å²) in [5, 5.41) is 3.80. The first-order valence-electron chi connectivity index (χ1n) is 12.1. The molecule has 1 aromatic heterocycles. The van der Waals surface area contributed by atoms with Crippen LogP contribution in [0.2, 0.25) is 0 Å². The van der Waals surface area contributed by atoms with E-state index in [1.54, 1.807) is 60.7 Å². The Morgan fingerprint density at radius 2 is 1.59 bits per heavy atom. The third-order valence-corrected chi connectivity index (χ3v) is 6.00. The molecule has 0 saturated carbocycles. The summed E-state index contributed by atoms with van der Waals surface area (Å²) in [7, 11) is 0. The minimum Gasteiger partial charge on any atom is -0.494 e. The lowest BCUT2D eigenvalue weighted by Crippen LogP contribution is -2.20. The van der Waals surface area contributed by atoms with Crippen LogP contribution < -0.4 is 20.2 Å². The van der Waals surface area contributed by atoms with Gasteiger partial charge in [-0.2, -0.15) is 13.2 Å². The van der Waals surface area contributed by atoms with E-state index < -0.39 is 35.4 Å². The van der Waals surface area contributed by atoms with Crippen molar-refractivity contribution >= 4 is 33.3 Å². The van der Waals surface area contributed by atoms with Gasteiger partial charge in [0.1, 0.15) is 17.1 Å². The van der Waals surface area contributed by atoms with Crippen LogP contribution in [-0.4, -0.2) is 19.1 Å². The molecule has 0 saturated heterocycles. The number of nitrogens with one attached hydrogen (secondary N) is 1. The normalized spacial score (nSPS) is 11.5. The molecule has 0 aliphatic heterocycles. The summed E-state index contributed by atoms with van der Waals surface area (Å²) in [5.41, 5.74) is -1.04. The van der Waals surface area contributed by atoms with Gasteiger partial charge in [0, 0.05) is 11.8 Å². The molecule has 0 fully saturated rings. The Morgan fingerprint density at radius 1 is 0.872 bits per heavy atom. The number of fused-ring (bicyclic) bond motifs is 2. The fourth-order valence-corrected chi connectivity index (χ4v) is 4.30. The first-order valence-corrected chi connectivity index (χ1v) is 12.1. The highest BCUT2D eigenvalue weighted by atomic mass is 19.4. The zero-order valence-corrected chi connectivity index (χ0v) is 20.7. The highest BCUT2D eigenvalue weighted by molar-refractivity contribution is 5.98. The van der Waals surface area contributed by atoms with Crippen molar-refractivity contribution in [3.05, 3.63) is 101 Å². The number of ether oxygens (including phenoxy) is 2. The smallest absolute Gasteiger partial charge is 0.450 e. The van der Waals surface area contributed by atoms with Gasteiger partial charge in [0.25, 0.3) is 5.91 Å². The van der Waals surface area contributed by atoms with Gasteiger partial charge in [-0.05, 0) is 59.7 Å². The molecule has 39 heavy (non-hydrogen) atoms. The van der Waals surface area contributed by atoms with E-state index in [0.717, 1.165) is 0 Å². The molecular weight excluding hydrogens is 511 g/mol. The second-order valence-corrected chi connectivity index (χ2v) is 8.61. The maximum atomic E-state index is 14.1. The van der Waals surface area contributed by atoms with E-state index >= 15 is 0 Å². The second kappa shape index (κ2) is 10.5. The SMILES string of the molecule is CCOc1ccc(NC(=O)COc2ccc3c(=O)c(-c4cccc5ccccc45)c(C(F)(F)F)oc3c2)cc1. The molecule has 5 rings (SSSR count). The second-order valence-electron chi connectivity index (χ2n) is 8.61. The van der Waals surface area contributed by atoms with E-state index in [-0.39, 0.29) is 22.3 Å². The highest BCUT2D eigenvalue weighted by Gasteiger charge is 2.39. The minimum absolute atomic E-state index is 0.0443. The maximum Gasteiger partial charge on any atom is 0.450 e. The molecule has 0 unspecified atom stereocenters. The number of carbonyl (C=O) groups excluding carboxylic acids is 1. The Morgan fingerprint density at radius 3 is 2.33 bits per heavy atom. The molecule has 5 aromatic rings. The zero-order chi connectivity index (χ0) is 27.6. The lowest BCUT2D eigenvalue weighted by atomic mass is 9.96. The van der Waals surface area contributed by atoms with Crippen LogP contribution in [0.1, 0.15) is 12.7 Å². The summed E-state index contributed by atoms with van der Waals surface area (Å²) in [6, 6.07) is 22.3. The van der Waals surface area contributed by atoms with Gasteiger partial charge in [0.15, 0.2) is 6.61 Å². The molecular formula is C30H22F3NO5. The van der Waals surface area contributed by atoms with Crippen molar-refractivity contribution in [3.63, 3.8) is 0 Å². The van der Waals surface area contributed by atoms with Gasteiger partial charge in [-0.1, -0.05) is 42.5 Å². The lowest BCUT2D eigenvalue weighted by Gasteiger charge is -2.15. The van der Waals surface area contributed by atoms with Gasteiger partial charge < -0.3 is 19.2 Å². The molecule has 1 amide bonds. The molecule has 4 aromatic carbocycles. The molecule has 0 bridgehead atoms. The van der Waals surface area contributed by atoms with Crippen LogP contribution in [0.5, 0.6) is 11.5 Å². The van der Waals surface area contributed by atoms with Crippen LogP contribution in [0.3, 0.4) is 0 Å². The summed E-state index contributed by atoms with van der Waals surface area (Å²) in [4.78, 5) is 25.7. The van der Waals surface area contributed by atoms with Crippen LogP contribution in [0.15, 0.2) is 94.1 Å². The number of halogens is 3. The molecule has 0 aliphatic rings. The fraction of sp³-hybridized carbons (Fsp3) is 0.133. The summed E-state index contributed by atoms with van der Waals surface area (Å²) in [6.07, 6.45) is -4.94. The van der Waals surface area contributed by atoms with Gasteiger partial charge in [-0.15, -0.1) is 0 Å². The van der Waals surface area contributed by atoms with E-state index in [9.17, 15) is 22.8 Å². The van der Waals surface area contributed by atoms with Crippen molar-refractivity contribution in [1.82, 2.24) is 0 Å². The predicted molar refractivity (Wildman–Crippen MR) is 142 cm³/mol. The highest BCUT2D eigenvalue weighted by Crippen LogP contribution is 2.39. The Hall–Kier alpha value is -4.79. The molecule has 0 radical (unpaired) electrons. The standard InChI is InChI=1S/C30H22F3NO5/c1-2-37-20-12-10-19(11-13-20)34-26(35)17-38-21-14-15-24-25(16-21)39-29(30(31,32)33)27(28(24)36)23-9-5-7-18-6-3-4-8-22(18)23/h3-16H,2,17H2,1H3,(H,34,35). The van der Waals surface area contributed by atoms with Crippen LogP contribution >= 0.6 is 0 Å². The lowest BCUT2D eigenvalue weighted by molar-refractivity contribution is -0.152. The minimum atomic E-state index is -4.94. The first-order chi connectivity index (χ1) is 18.7. The average Bonchev–Trinajstić information content (AvgIpc) is 2.92. The Balaban J connectivity index is 1.44. The Kier molecular flexibility index (Phi) is 6.98. The number of alkyl halides is 3. The molecule has 0 aliphatic carbocycles. The van der Waals surface area contributed by atoms with Gasteiger partial charge in [-0.25, -0.2) is 0 Å². The molecule has 6 nitrogen and oxygen atoms in total. The van der Waals surface area contributed by atoms with Crippen molar-refractivity contribution < 1.29 is 31.9 Å². The number of carbonyl (C=O) groups is 1. The van der Waals surface area contributed by atoms with Gasteiger partial charge in [0.05, 0.1) is 17.6 Å². The van der Waals surface area contributed by atoms with E-state index in [0.29, 0.717) is 28.8 Å². The zero-order valence-electron chi connectivity index (χ0n) is 20.7. The number of anilines is 1. The van der Waals surface area contributed by atoms with Crippen LogP contribution in [-0.2, 0) is 11.0 Å². The predicted octanol–water partition coefficient (Wildman–Crippen LogP) is 7.05. The van der Waals surface area contributed by atoms with Crippen molar-refractivity contribution in [2.45, 2.75) is 13.1 Å². The summed E-state index contributed by atoms with van der Waals surface area (Å²) in [5.74, 6) is -1.16. The van der Waals surface area contributed by atoms with Crippen molar-refractivity contribution in [2.24, 2.45) is 0 Å². The summed E-state index contributed by atoms with van der Waals surface area (Å²) >= 11 is 0. The Bertz CT molecular complexity index is 1720. The van der Waals surface area contributed by atoms with E-state index in [1.807, 2.05) is 6.92 Å². The summed E-state index contributed by atoms with van der Waals surface area (Å²) in [6.45, 7) is 1.96. The van der Waals surface area contributed by atoms with Crippen LogP contribution in [0.4, 0.5) is 18.9 Å². The van der Waals surface area contributed by atoms with E-state index in [4.69, 9.17) is 13.9 Å². The average molecular weight is 534 g/mol. The fourth-order valence-electron chi connectivity index (χ4n) is 4.30. The first kappa shape index (κ1) is 25.8. The Labute approximate surface area is 220 Å². The third-order valence-electron chi connectivity index (χ3n) is 6.00. The number of rotatable bonds is 7. The topological polar surface area (TPSA) is 77.8 Å². The molecule has 1 heterocycles. The number of benzene rings is 4. The maximum absolute atomic E-state index is 14.1. The van der Waals surface area contributed by atoms with E-state index in [2.05, 4.69) is 5.32 Å². The molecule has 0 atom stereocenters. The van der Waals surface area contributed by atoms with Gasteiger partial charge >= 0.3 is 6.18 Å². The number of hydrogen-bond acceptors (Lipinski definition) is 5. The molecule has 0 spiro atoms. The van der Waals surface area contributed by atoms with Crippen molar-refractivity contribution in [2.75, 3.05) is 18.5 Å². The largest absolute Gasteiger partial charge is 0.494 e. The van der Waals surface area contributed by atoms with Crippen LogP contribution in [0.25, 0.3) is 32.9 Å². The molecule has 198 valence electrons. The number of hydrogen-bond donors (Lipinski definition) is 1. The number of amides is 1.